The van der Waals surface area contributed by atoms with Gasteiger partial charge in [0, 0.05) is 23.5 Å². The van der Waals surface area contributed by atoms with Crippen molar-refractivity contribution in [2.24, 2.45) is 11.0 Å². The highest BCUT2D eigenvalue weighted by atomic mass is 16.3. The number of aliphatic hydroxyl groups excluding tert-OH is 1. The number of rotatable bonds is 6. The maximum atomic E-state index is 13.3. The Morgan fingerprint density at radius 2 is 1.78 bits per heavy atom. The van der Waals surface area contributed by atoms with Crippen molar-refractivity contribution in [1.82, 2.24) is 9.99 Å². The van der Waals surface area contributed by atoms with Gasteiger partial charge in [0.1, 0.15) is 0 Å². The summed E-state index contributed by atoms with van der Waals surface area (Å²) in [6.45, 7) is 6.18. The van der Waals surface area contributed by atoms with Gasteiger partial charge in [-0.15, -0.1) is 0 Å². The predicted molar refractivity (Wildman–Crippen MR) is 107 cm³/mol. The molecule has 0 aliphatic carbocycles. The standard InChI is InChI=1S/C22H27N3O2/c1-4-16-9-7-8-10-18(16)20-19(15-26)22(5-2,6-3)25(24-20)21(27)17-11-13-23-14-12-17/h7-14,19,26H,4-6,15H2,1-3H3. The van der Waals surface area contributed by atoms with Gasteiger partial charge in [-0.25, -0.2) is 5.01 Å². The van der Waals surface area contributed by atoms with E-state index >= 15 is 0 Å². The molecule has 0 saturated heterocycles. The molecule has 1 aromatic carbocycles. The number of carbonyl (C=O) groups is 1. The highest BCUT2D eigenvalue weighted by Crippen LogP contribution is 2.41. The summed E-state index contributed by atoms with van der Waals surface area (Å²) in [4.78, 5) is 17.3. The van der Waals surface area contributed by atoms with Crippen LogP contribution in [0.15, 0.2) is 53.9 Å². The van der Waals surface area contributed by atoms with Gasteiger partial charge in [0.15, 0.2) is 0 Å². The van der Waals surface area contributed by atoms with E-state index in [-0.39, 0.29) is 18.4 Å². The first-order valence-electron chi connectivity index (χ1n) is 9.65. The zero-order chi connectivity index (χ0) is 19.4. The number of hydrazone groups is 1. The number of hydrogen-bond acceptors (Lipinski definition) is 4. The van der Waals surface area contributed by atoms with Gasteiger partial charge >= 0.3 is 0 Å². The van der Waals surface area contributed by atoms with E-state index in [1.807, 2.05) is 18.2 Å². The van der Waals surface area contributed by atoms with E-state index in [0.29, 0.717) is 18.4 Å². The van der Waals surface area contributed by atoms with Crippen molar-refractivity contribution >= 4 is 11.6 Å². The fourth-order valence-corrected chi connectivity index (χ4v) is 4.16. The lowest BCUT2D eigenvalue weighted by Gasteiger charge is -2.39. The molecular weight excluding hydrogens is 338 g/mol. The van der Waals surface area contributed by atoms with Gasteiger partial charge in [-0.05, 0) is 37.0 Å². The van der Waals surface area contributed by atoms with E-state index in [1.54, 1.807) is 29.5 Å². The number of hydrogen-bond donors (Lipinski definition) is 1. The Kier molecular flexibility index (Phi) is 5.71. The van der Waals surface area contributed by atoms with Gasteiger partial charge in [0.05, 0.1) is 23.8 Å². The van der Waals surface area contributed by atoms with E-state index in [4.69, 9.17) is 5.10 Å². The third-order valence-corrected chi connectivity index (χ3v) is 5.81. The SMILES string of the molecule is CCc1ccccc1C1=NN(C(=O)c2ccncc2)C(CC)(CC)C1CO. The number of aliphatic hydroxyl groups is 1. The van der Waals surface area contributed by atoms with Crippen molar-refractivity contribution in [3.05, 3.63) is 65.5 Å². The van der Waals surface area contributed by atoms with Gasteiger partial charge in [-0.2, -0.15) is 5.10 Å². The van der Waals surface area contributed by atoms with Crippen molar-refractivity contribution in [3.8, 4) is 0 Å². The molecule has 3 rings (SSSR count). The quantitative estimate of drug-likeness (QED) is 0.849. The van der Waals surface area contributed by atoms with Crippen LogP contribution in [0.4, 0.5) is 0 Å². The molecule has 5 nitrogen and oxygen atoms in total. The molecule has 5 heteroatoms. The van der Waals surface area contributed by atoms with Crippen LogP contribution in [0.2, 0.25) is 0 Å². The van der Waals surface area contributed by atoms with Gasteiger partial charge in [-0.1, -0.05) is 45.0 Å². The lowest BCUT2D eigenvalue weighted by Crippen LogP contribution is -2.51. The van der Waals surface area contributed by atoms with E-state index < -0.39 is 5.54 Å². The maximum Gasteiger partial charge on any atom is 0.274 e. The zero-order valence-corrected chi connectivity index (χ0v) is 16.2. The number of benzene rings is 1. The number of aryl methyl sites for hydroxylation is 1. The van der Waals surface area contributed by atoms with E-state index in [9.17, 15) is 9.90 Å². The normalized spacial score (nSPS) is 18.4. The third-order valence-electron chi connectivity index (χ3n) is 5.81. The van der Waals surface area contributed by atoms with Gasteiger partial charge in [-0.3, -0.25) is 9.78 Å². The minimum absolute atomic E-state index is 0.0430. The first-order valence-corrected chi connectivity index (χ1v) is 9.65. The lowest BCUT2D eigenvalue weighted by molar-refractivity contribution is 0.0342. The summed E-state index contributed by atoms with van der Waals surface area (Å²) in [5.41, 5.74) is 3.03. The van der Waals surface area contributed by atoms with Crippen molar-refractivity contribution in [3.63, 3.8) is 0 Å². The van der Waals surface area contributed by atoms with Gasteiger partial charge < -0.3 is 5.11 Å². The molecule has 0 bridgehead atoms. The number of aromatic nitrogens is 1. The Labute approximate surface area is 160 Å². The Hall–Kier alpha value is -2.53. The minimum atomic E-state index is -0.536. The summed E-state index contributed by atoms with van der Waals surface area (Å²) in [5.74, 6) is -0.366. The highest BCUT2D eigenvalue weighted by molar-refractivity contribution is 6.08. The molecule has 2 aromatic rings. The molecule has 1 amide bonds. The number of pyridine rings is 1. The monoisotopic (exact) mass is 365 g/mol. The van der Waals surface area contributed by atoms with E-state index in [2.05, 4.69) is 31.8 Å². The van der Waals surface area contributed by atoms with Crippen LogP contribution >= 0.6 is 0 Å². The fraction of sp³-hybridized carbons (Fsp3) is 0.409. The second-order valence-corrected chi connectivity index (χ2v) is 6.89. The number of nitrogens with zero attached hydrogens (tertiary/aromatic N) is 3. The van der Waals surface area contributed by atoms with Crippen molar-refractivity contribution in [2.45, 2.75) is 45.6 Å². The molecule has 0 spiro atoms. The molecule has 0 fully saturated rings. The van der Waals surface area contributed by atoms with Crippen LogP contribution in [0.5, 0.6) is 0 Å². The van der Waals surface area contributed by atoms with Crippen LogP contribution in [-0.4, -0.2) is 38.9 Å². The van der Waals surface area contributed by atoms with Crippen molar-refractivity contribution in [1.29, 1.82) is 0 Å². The van der Waals surface area contributed by atoms with Crippen LogP contribution < -0.4 is 0 Å². The summed E-state index contributed by atoms with van der Waals surface area (Å²) in [5, 5.41) is 16.7. The van der Waals surface area contributed by atoms with Crippen molar-refractivity contribution < 1.29 is 9.90 Å². The second kappa shape index (κ2) is 8.01. The maximum absolute atomic E-state index is 13.3. The van der Waals surface area contributed by atoms with Crippen LogP contribution in [0.25, 0.3) is 0 Å². The molecule has 1 atom stereocenters. The molecule has 0 saturated carbocycles. The third kappa shape index (κ3) is 3.16. The van der Waals surface area contributed by atoms with Crippen molar-refractivity contribution in [2.75, 3.05) is 6.61 Å². The largest absolute Gasteiger partial charge is 0.396 e. The summed E-state index contributed by atoms with van der Waals surface area (Å²) < 4.78 is 0. The Morgan fingerprint density at radius 1 is 1.11 bits per heavy atom. The van der Waals surface area contributed by atoms with E-state index in [0.717, 1.165) is 17.7 Å². The zero-order valence-electron chi connectivity index (χ0n) is 16.2. The fourth-order valence-electron chi connectivity index (χ4n) is 4.16. The average Bonchev–Trinajstić information content (AvgIpc) is 3.08. The Morgan fingerprint density at radius 3 is 2.37 bits per heavy atom. The van der Waals surface area contributed by atoms with Gasteiger partial charge in [0.2, 0.25) is 0 Å². The predicted octanol–water partition coefficient (Wildman–Crippen LogP) is 3.67. The molecule has 1 aliphatic heterocycles. The molecule has 1 unspecified atom stereocenters. The van der Waals surface area contributed by atoms with Crippen LogP contribution in [0.1, 0.15) is 55.1 Å². The summed E-state index contributed by atoms with van der Waals surface area (Å²) in [6.07, 6.45) is 5.53. The lowest BCUT2D eigenvalue weighted by atomic mass is 9.75. The molecule has 2 heterocycles. The topological polar surface area (TPSA) is 65.8 Å². The second-order valence-electron chi connectivity index (χ2n) is 6.89. The first-order chi connectivity index (χ1) is 13.1. The van der Waals surface area contributed by atoms with Crippen LogP contribution in [0, 0.1) is 5.92 Å². The molecule has 1 aliphatic rings. The Balaban J connectivity index is 2.15. The smallest absolute Gasteiger partial charge is 0.274 e. The molecular formula is C22H27N3O2. The van der Waals surface area contributed by atoms with Gasteiger partial charge in [0.25, 0.3) is 5.91 Å². The number of carbonyl (C=O) groups excluding carboxylic acids is 1. The van der Waals surface area contributed by atoms with Crippen LogP contribution in [-0.2, 0) is 6.42 Å². The highest BCUT2D eigenvalue weighted by Gasteiger charge is 2.51. The van der Waals surface area contributed by atoms with Crippen LogP contribution in [0.3, 0.4) is 0 Å². The minimum Gasteiger partial charge on any atom is -0.396 e. The molecule has 27 heavy (non-hydrogen) atoms. The summed E-state index contributed by atoms with van der Waals surface area (Å²) in [7, 11) is 0. The molecule has 1 aromatic heterocycles. The van der Waals surface area contributed by atoms with E-state index in [1.165, 1.54) is 5.56 Å². The molecule has 142 valence electrons. The first kappa shape index (κ1) is 19.2. The average molecular weight is 365 g/mol. The summed E-state index contributed by atoms with van der Waals surface area (Å²) >= 11 is 0. The number of amides is 1. The summed E-state index contributed by atoms with van der Waals surface area (Å²) in [6, 6.07) is 11.5. The Bertz CT molecular complexity index is 828. The molecule has 0 radical (unpaired) electrons. The molecule has 1 N–H and O–H groups in total.